The smallest absolute Gasteiger partial charge is 0.0774 e. The van der Waals surface area contributed by atoms with Crippen LogP contribution in [0.4, 0.5) is 0 Å². The molecule has 289 valence electrons. The Labute approximate surface area is 362 Å². The molecule has 60 heavy (non-hydrogen) atoms. The maximum Gasteiger partial charge on any atom is 0.0774 e. The number of aromatic nitrogens is 3. The number of pyridine rings is 1. The number of rotatable bonds is 6. The standard InChI is InChI=1S/C44H29N2O.C11H8N.Ir/c1-29-24-36(31-13-4-2-5-14-31)43(37(25-29)32-15-6-3-7-16-32)46-41-19-11-10-18-40(41)45-44(46)39-28-47-42-23-22-35(27-38(39)42)34-21-20-30-12-8-9-17-33(30)26-34;1-2-6-10(7-3-1)11-8-4-5-9-12-11;/h2-27H,1H3;1-6,8-9H;/q2*-1;. The third-order valence-electron chi connectivity index (χ3n) is 10.7. The Morgan fingerprint density at radius 3 is 1.92 bits per heavy atom. The van der Waals surface area contributed by atoms with E-state index >= 15 is 0 Å². The van der Waals surface area contributed by atoms with Crippen molar-refractivity contribution < 1.29 is 24.5 Å². The second-order valence-electron chi connectivity index (χ2n) is 14.5. The van der Waals surface area contributed by atoms with Crippen molar-refractivity contribution in [2.75, 3.05) is 0 Å². The maximum absolute atomic E-state index is 6.12. The molecule has 0 aliphatic heterocycles. The van der Waals surface area contributed by atoms with Crippen molar-refractivity contribution in [1.29, 1.82) is 0 Å². The van der Waals surface area contributed by atoms with E-state index in [0.29, 0.717) is 0 Å². The zero-order valence-corrected chi connectivity index (χ0v) is 35.1. The summed E-state index contributed by atoms with van der Waals surface area (Å²) in [4.78, 5) is 9.51. The second kappa shape index (κ2) is 17.0. The Bertz CT molecular complexity index is 3110. The monoisotopic (exact) mass is 948 g/mol. The molecule has 0 amide bonds. The third-order valence-corrected chi connectivity index (χ3v) is 10.7. The van der Waals surface area contributed by atoms with Crippen molar-refractivity contribution in [2.24, 2.45) is 0 Å². The predicted octanol–water partition coefficient (Wildman–Crippen LogP) is 14.2. The van der Waals surface area contributed by atoms with E-state index in [-0.39, 0.29) is 20.1 Å². The zero-order valence-electron chi connectivity index (χ0n) is 32.7. The van der Waals surface area contributed by atoms with Crippen molar-refractivity contribution in [1.82, 2.24) is 14.5 Å². The first-order chi connectivity index (χ1) is 29.2. The normalized spacial score (nSPS) is 10.9. The van der Waals surface area contributed by atoms with Gasteiger partial charge in [-0.2, -0.15) is 0 Å². The van der Waals surface area contributed by atoms with Gasteiger partial charge in [-0.1, -0.05) is 150 Å². The van der Waals surface area contributed by atoms with Gasteiger partial charge < -0.3 is 14.0 Å². The molecule has 11 aromatic rings. The summed E-state index contributed by atoms with van der Waals surface area (Å²) in [6, 6.07) is 72.5. The molecule has 1 radical (unpaired) electrons. The number of nitrogens with zero attached hydrogens (tertiary/aromatic N) is 3. The Kier molecular flexibility index (Phi) is 10.8. The summed E-state index contributed by atoms with van der Waals surface area (Å²) >= 11 is 0. The van der Waals surface area contributed by atoms with Crippen molar-refractivity contribution in [3.05, 3.63) is 224 Å². The van der Waals surface area contributed by atoms with Gasteiger partial charge in [0.1, 0.15) is 0 Å². The molecule has 4 nitrogen and oxygen atoms in total. The molecule has 5 heteroatoms. The quantitative estimate of drug-likeness (QED) is 0.156. The van der Waals surface area contributed by atoms with E-state index < -0.39 is 0 Å². The van der Waals surface area contributed by atoms with Crippen LogP contribution >= 0.6 is 0 Å². The second-order valence-corrected chi connectivity index (χ2v) is 14.5. The van der Waals surface area contributed by atoms with Crippen LogP contribution < -0.4 is 0 Å². The number of hydrogen-bond acceptors (Lipinski definition) is 3. The molecular weight excluding hydrogens is 911 g/mol. The molecule has 3 aromatic heterocycles. The van der Waals surface area contributed by atoms with Crippen molar-refractivity contribution in [3.8, 4) is 61.7 Å². The first-order valence-electron chi connectivity index (χ1n) is 19.7. The summed E-state index contributed by atoms with van der Waals surface area (Å²) in [5.41, 5.74) is 14.7. The van der Waals surface area contributed by atoms with E-state index in [1.165, 1.54) is 16.3 Å². The Balaban J connectivity index is 0.000000306. The van der Waals surface area contributed by atoms with Gasteiger partial charge in [-0.25, -0.2) is 0 Å². The van der Waals surface area contributed by atoms with Gasteiger partial charge in [0.15, 0.2) is 0 Å². The predicted molar refractivity (Wildman–Crippen MR) is 242 cm³/mol. The van der Waals surface area contributed by atoms with Crippen LogP contribution in [0, 0.1) is 19.3 Å². The maximum atomic E-state index is 6.12. The van der Waals surface area contributed by atoms with E-state index in [2.05, 4.69) is 174 Å². The summed E-state index contributed by atoms with van der Waals surface area (Å²) in [5, 5.41) is 3.42. The van der Waals surface area contributed by atoms with Gasteiger partial charge in [0.25, 0.3) is 0 Å². The molecule has 3 heterocycles. The van der Waals surface area contributed by atoms with E-state index in [1.54, 1.807) is 6.20 Å². The van der Waals surface area contributed by atoms with E-state index in [9.17, 15) is 0 Å². The summed E-state index contributed by atoms with van der Waals surface area (Å²) in [6.45, 7) is 2.17. The number of furan rings is 1. The molecule has 0 saturated heterocycles. The molecule has 0 saturated carbocycles. The minimum Gasteiger partial charge on any atom is -0.557 e. The molecular formula is C55H37IrN3O-2. The number of hydrogen-bond donors (Lipinski definition) is 0. The van der Waals surface area contributed by atoms with Gasteiger partial charge in [0, 0.05) is 49.3 Å². The number of benzene rings is 8. The van der Waals surface area contributed by atoms with E-state index in [1.807, 2.05) is 54.6 Å². The van der Waals surface area contributed by atoms with Crippen LogP contribution in [-0.4, -0.2) is 14.5 Å². The minimum absolute atomic E-state index is 0. The van der Waals surface area contributed by atoms with Crippen LogP contribution in [0.15, 0.2) is 211 Å². The average Bonchev–Trinajstić information content (AvgIpc) is 3.91. The Hall–Kier alpha value is -7.17. The molecule has 0 bridgehead atoms. The van der Waals surface area contributed by atoms with Gasteiger partial charge in [0.05, 0.1) is 22.5 Å². The number of para-hydroxylation sites is 2. The fourth-order valence-corrected chi connectivity index (χ4v) is 7.88. The van der Waals surface area contributed by atoms with Crippen LogP contribution in [0.25, 0.3) is 94.5 Å². The molecule has 11 rings (SSSR count). The van der Waals surface area contributed by atoms with Gasteiger partial charge in [-0.15, -0.1) is 35.9 Å². The number of fused-ring (bicyclic) bond motifs is 3. The number of imidazole rings is 1. The van der Waals surface area contributed by atoms with Crippen LogP contribution in [0.2, 0.25) is 0 Å². The number of aryl methyl sites for hydroxylation is 1. The Morgan fingerprint density at radius 2 is 1.20 bits per heavy atom. The summed E-state index contributed by atoms with van der Waals surface area (Å²) < 4.78 is 8.43. The molecule has 0 aliphatic rings. The van der Waals surface area contributed by atoms with Crippen LogP contribution in [-0.2, 0) is 20.1 Å². The molecule has 0 unspecified atom stereocenters. The molecule has 8 aromatic carbocycles. The zero-order chi connectivity index (χ0) is 39.5. The third kappa shape index (κ3) is 7.49. The summed E-state index contributed by atoms with van der Waals surface area (Å²) in [6.07, 6.45) is 5.07. The van der Waals surface area contributed by atoms with Crippen LogP contribution in [0.1, 0.15) is 5.56 Å². The van der Waals surface area contributed by atoms with Gasteiger partial charge in [0.2, 0.25) is 0 Å². The van der Waals surface area contributed by atoms with Gasteiger partial charge in [-0.3, -0.25) is 4.98 Å². The van der Waals surface area contributed by atoms with Gasteiger partial charge in [-0.05, 0) is 87.6 Å². The first kappa shape index (κ1) is 38.4. The largest absolute Gasteiger partial charge is 0.557 e. The fraction of sp³-hybridized carbons (Fsp3) is 0.0182. The van der Waals surface area contributed by atoms with Gasteiger partial charge >= 0.3 is 0 Å². The van der Waals surface area contributed by atoms with Crippen molar-refractivity contribution >= 4 is 32.8 Å². The molecule has 0 N–H and O–H groups in total. The molecule has 0 atom stereocenters. The summed E-state index contributed by atoms with van der Waals surface area (Å²) in [7, 11) is 0. The Morgan fingerprint density at radius 1 is 0.550 bits per heavy atom. The average molecular weight is 948 g/mol. The topological polar surface area (TPSA) is 43.9 Å². The van der Waals surface area contributed by atoms with Crippen LogP contribution in [0.3, 0.4) is 0 Å². The van der Waals surface area contributed by atoms with E-state index in [4.69, 9.17) is 9.40 Å². The first-order valence-corrected chi connectivity index (χ1v) is 19.7. The van der Waals surface area contributed by atoms with E-state index in [0.717, 1.165) is 83.7 Å². The molecule has 0 aliphatic carbocycles. The molecule has 0 fully saturated rings. The van der Waals surface area contributed by atoms with Crippen LogP contribution in [0.5, 0.6) is 0 Å². The minimum atomic E-state index is 0. The van der Waals surface area contributed by atoms with Crippen molar-refractivity contribution in [2.45, 2.75) is 6.92 Å². The fourth-order valence-electron chi connectivity index (χ4n) is 7.88. The SMILES string of the molecule is Cc1cc(-c2ccccc2)c(-n2c(-c3[c-]oc4ccc(-c5ccc6ccccc6c5)cc34)nc3ccccc32)c(-c2ccccc2)c1.[Ir].[c-]1ccccc1-c1ccccn1. The summed E-state index contributed by atoms with van der Waals surface area (Å²) in [5.74, 6) is 0.791. The van der Waals surface area contributed by atoms with Crippen molar-refractivity contribution in [3.63, 3.8) is 0 Å². The molecule has 0 spiro atoms.